The number of aromatic nitrogens is 2. The second-order valence-corrected chi connectivity index (χ2v) is 5.44. The molecule has 0 aliphatic heterocycles. The van der Waals surface area contributed by atoms with E-state index >= 15 is 0 Å². The molecule has 0 atom stereocenters. The van der Waals surface area contributed by atoms with Crippen molar-refractivity contribution in [2.45, 2.75) is 27.3 Å². The summed E-state index contributed by atoms with van der Waals surface area (Å²) >= 11 is 0. The van der Waals surface area contributed by atoms with Crippen molar-refractivity contribution in [3.8, 4) is 5.75 Å². The van der Waals surface area contributed by atoms with Crippen LogP contribution < -0.4 is 10.1 Å². The highest BCUT2D eigenvalue weighted by molar-refractivity contribution is 14.0. The van der Waals surface area contributed by atoms with Crippen LogP contribution in [0.25, 0.3) is 0 Å². The summed E-state index contributed by atoms with van der Waals surface area (Å²) in [5.41, 5.74) is 1.13. The highest BCUT2D eigenvalue weighted by atomic mass is 127. The molecule has 138 valence electrons. The van der Waals surface area contributed by atoms with Crippen molar-refractivity contribution in [3.63, 3.8) is 0 Å². The molecule has 1 N–H and O–H groups in total. The van der Waals surface area contributed by atoms with Gasteiger partial charge in [0.05, 0.1) is 6.54 Å². The number of benzene rings is 1. The summed E-state index contributed by atoms with van der Waals surface area (Å²) < 4.78 is 10.8. The minimum Gasteiger partial charge on any atom is -0.491 e. The second kappa shape index (κ2) is 10.9. The standard InChI is InChI=1S/C17H25N5O2.HI/c1-5-18-17(19-12-16-20-14(3)24-21-16)22(4)10-11-23-15-9-7-6-8-13(15)2;/h6-9H,5,10-12H2,1-4H3,(H,18,19);1H. The van der Waals surface area contributed by atoms with E-state index in [2.05, 4.69) is 20.4 Å². The number of nitrogens with one attached hydrogen (secondary N) is 1. The number of hydrogen-bond donors (Lipinski definition) is 1. The number of aryl methyl sites for hydroxylation is 2. The average Bonchev–Trinajstić information content (AvgIpc) is 2.98. The molecule has 0 fully saturated rings. The van der Waals surface area contributed by atoms with Crippen LogP contribution in [0.4, 0.5) is 0 Å². The van der Waals surface area contributed by atoms with Gasteiger partial charge in [-0.1, -0.05) is 23.4 Å². The first-order valence-corrected chi connectivity index (χ1v) is 8.07. The van der Waals surface area contributed by atoms with Crippen LogP contribution in [-0.4, -0.2) is 47.7 Å². The van der Waals surface area contributed by atoms with Gasteiger partial charge in [0.1, 0.15) is 18.9 Å². The van der Waals surface area contributed by atoms with Gasteiger partial charge in [0, 0.05) is 20.5 Å². The number of nitrogens with zero attached hydrogens (tertiary/aromatic N) is 4. The molecule has 0 radical (unpaired) electrons. The molecule has 7 nitrogen and oxygen atoms in total. The molecule has 1 aromatic heterocycles. The minimum atomic E-state index is 0. The Morgan fingerprint density at radius 2 is 2.08 bits per heavy atom. The van der Waals surface area contributed by atoms with Crippen molar-refractivity contribution >= 4 is 29.9 Å². The summed E-state index contributed by atoms with van der Waals surface area (Å²) in [4.78, 5) is 10.7. The van der Waals surface area contributed by atoms with Crippen LogP contribution in [0.15, 0.2) is 33.8 Å². The van der Waals surface area contributed by atoms with Gasteiger partial charge >= 0.3 is 0 Å². The van der Waals surface area contributed by atoms with E-state index in [4.69, 9.17) is 9.26 Å². The smallest absolute Gasteiger partial charge is 0.223 e. The summed E-state index contributed by atoms with van der Waals surface area (Å²) in [6.45, 7) is 8.29. The Morgan fingerprint density at radius 1 is 1.32 bits per heavy atom. The molecule has 2 rings (SSSR count). The highest BCUT2D eigenvalue weighted by Crippen LogP contribution is 2.15. The molecule has 25 heavy (non-hydrogen) atoms. The molecule has 0 aliphatic rings. The largest absolute Gasteiger partial charge is 0.491 e. The van der Waals surface area contributed by atoms with Crippen molar-refractivity contribution in [3.05, 3.63) is 41.5 Å². The lowest BCUT2D eigenvalue weighted by molar-refractivity contribution is 0.280. The number of likely N-dealkylation sites (N-methyl/N-ethyl adjacent to an activating group) is 1. The summed E-state index contributed by atoms with van der Waals surface area (Å²) in [6, 6.07) is 8.00. The Balaban J connectivity index is 0.00000312. The summed E-state index contributed by atoms with van der Waals surface area (Å²) in [5.74, 6) is 2.82. The van der Waals surface area contributed by atoms with Gasteiger partial charge in [-0.3, -0.25) is 0 Å². The van der Waals surface area contributed by atoms with Gasteiger partial charge < -0.3 is 19.5 Å². The average molecular weight is 459 g/mol. The van der Waals surface area contributed by atoms with Crippen LogP contribution in [0.5, 0.6) is 5.75 Å². The molecule has 0 saturated heterocycles. The number of hydrogen-bond acceptors (Lipinski definition) is 5. The normalized spacial score (nSPS) is 11.0. The van der Waals surface area contributed by atoms with Crippen LogP contribution in [-0.2, 0) is 6.54 Å². The molecule has 0 aliphatic carbocycles. The van der Waals surface area contributed by atoms with Crippen molar-refractivity contribution < 1.29 is 9.26 Å². The number of aliphatic imine (C=N–C) groups is 1. The third-order valence-electron chi connectivity index (χ3n) is 3.41. The van der Waals surface area contributed by atoms with E-state index in [0.717, 1.165) is 23.8 Å². The maximum Gasteiger partial charge on any atom is 0.223 e. The van der Waals surface area contributed by atoms with Crippen molar-refractivity contribution in [2.75, 3.05) is 26.7 Å². The quantitative estimate of drug-likeness (QED) is 0.390. The zero-order valence-electron chi connectivity index (χ0n) is 15.2. The minimum absolute atomic E-state index is 0. The van der Waals surface area contributed by atoms with Crippen LogP contribution >= 0.6 is 24.0 Å². The van der Waals surface area contributed by atoms with Gasteiger partial charge in [-0.2, -0.15) is 4.98 Å². The molecular weight excluding hydrogens is 433 g/mol. The zero-order valence-corrected chi connectivity index (χ0v) is 17.5. The number of guanidine groups is 1. The Bertz CT molecular complexity index is 675. The van der Waals surface area contributed by atoms with Gasteiger partial charge in [0.25, 0.3) is 0 Å². The molecule has 0 unspecified atom stereocenters. The maximum absolute atomic E-state index is 5.84. The van der Waals surface area contributed by atoms with Gasteiger partial charge in [-0.15, -0.1) is 24.0 Å². The monoisotopic (exact) mass is 459 g/mol. The Hall–Kier alpha value is -1.84. The zero-order chi connectivity index (χ0) is 17.4. The molecule has 0 bridgehead atoms. The number of halogens is 1. The molecule has 1 aromatic carbocycles. The van der Waals surface area contributed by atoms with Crippen molar-refractivity contribution in [1.82, 2.24) is 20.4 Å². The van der Waals surface area contributed by atoms with Crippen LogP contribution in [0.2, 0.25) is 0 Å². The lowest BCUT2D eigenvalue weighted by atomic mass is 10.2. The molecule has 1 heterocycles. The molecule has 0 amide bonds. The lowest BCUT2D eigenvalue weighted by Crippen LogP contribution is -2.40. The summed E-state index contributed by atoms with van der Waals surface area (Å²) in [7, 11) is 1.98. The van der Waals surface area contributed by atoms with E-state index in [0.29, 0.717) is 31.4 Å². The Kier molecular flexibility index (Phi) is 9.25. The Morgan fingerprint density at radius 3 is 2.72 bits per heavy atom. The predicted molar refractivity (Wildman–Crippen MR) is 109 cm³/mol. The van der Waals surface area contributed by atoms with Gasteiger partial charge in [-0.25, -0.2) is 4.99 Å². The SMILES string of the molecule is CCNC(=NCc1noc(C)n1)N(C)CCOc1ccccc1C.I. The number of rotatable bonds is 7. The Labute approximate surface area is 165 Å². The van der Waals surface area contributed by atoms with Crippen LogP contribution in [0, 0.1) is 13.8 Å². The van der Waals surface area contributed by atoms with Gasteiger partial charge in [0.2, 0.25) is 5.89 Å². The third-order valence-corrected chi connectivity index (χ3v) is 3.41. The molecule has 0 spiro atoms. The van der Waals surface area contributed by atoms with Crippen molar-refractivity contribution in [2.24, 2.45) is 4.99 Å². The fraction of sp³-hybridized carbons (Fsp3) is 0.471. The lowest BCUT2D eigenvalue weighted by Gasteiger charge is -2.22. The van der Waals surface area contributed by atoms with Crippen molar-refractivity contribution in [1.29, 1.82) is 0 Å². The maximum atomic E-state index is 5.84. The van der Waals surface area contributed by atoms with E-state index in [-0.39, 0.29) is 24.0 Å². The number of ether oxygens (including phenoxy) is 1. The third kappa shape index (κ3) is 6.89. The van der Waals surface area contributed by atoms with E-state index < -0.39 is 0 Å². The van der Waals surface area contributed by atoms with Gasteiger partial charge in [-0.05, 0) is 25.5 Å². The van der Waals surface area contributed by atoms with E-state index in [1.54, 1.807) is 6.92 Å². The first kappa shape index (κ1) is 21.2. The van der Waals surface area contributed by atoms with E-state index in [1.165, 1.54) is 0 Å². The van der Waals surface area contributed by atoms with Crippen LogP contribution in [0.1, 0.15) is 24.2 Å². The fourth-order valence-electron chi connectivity index (χ4n) is 2.14. The summed E-state index contributed by atoms with van der Waals surface area (Å²) in [6.07, 6.45) is 0. The molecule has 8 heteroatoms. The van der Waals surface area contributed by atoms with Gasteiger partial charge in [0.15, 0.2) is 11.8 Å². The summed E-state index contributed by atoms with van der Waals surface area (Å²) in [5, 5.41) is 7.11. The first-order valence-electron chi connectivity index (χ1n) is 8.07. The molecule has 2 aromatic rings. The molecule has 0 saturated carbocycles. The highest BCUT2D eigenvalue weighted by Gasteiger charge is 2.08. The van der Waals surface area contributed by atoms with Crippen LogP contribution in [0.3, 0.4) is 0 Å². The van der Waals surface area contributed by atoms with E-state index in [1.807, 2.05) is 50.1 Å². The van der Waals surface area contributed by atoms with E-state index in [9.17, 15) is 0 Å². The second-order valence-electron chi connectivity index (χ2n) is 5.44. The predicted octanol–water partition coefficient (Wildman–Crippen LogP) is 2.78. The topological polar surface area (TPSA) is 75.8 Å². The fourth-order valence-corrected chi connectivity index (χ4v) is 2.14. The molecular formula is C17H26IN5O2. The number of para-hydroxylation sites is 1. The first-order chi connectivity index (χ1) is 11.6.